The summed E-state index contributed by atoms with van der Waals surface area (Å²) in [5, 5.41) is 14.2. The molecule has 0 unspecified atom stereocenters. The van der Waals surface area contributed by atoms with Crippen molar-refractivity contribution in [3.63, 3.8) is 0 Å². The lowest BCUT2D eigenvalue weighted by Crippen LogP contribution is -2.30. The molecule has 0 spiro atoms. The summed E-state index contributed by atoms with van der Waals surface area (Å²) in [6, 6.07) is 17.5. The Labute approximate surface area is 169 Å². The predicted octanol–water partition coefficient (Wildman–Crippen LogP) is 3.64. The highest BCUT2D eigenvalue weighted by Crippen LogP contribution is 2.30. The fourth-order valence-corrected chi connectivity index (χ4v) is 3.91. The largest absolute Gasteiger partial charge is 0.481 e. The standard InChI is InChI=1S/C23H23N3O3/c1-15-8-6-7-11-18(15)21-20(14-26(24-21)17-9-4-3-5-10-17)22(27)25-12-16(2)19(13-25)23(28)29/h3-11,14,16,19H,12-13H2,1-2H3,(H,28,29)/t16-,19-/m1/s1. The van der Waals surface area contributed by atoms with Crippen molar-refractivity contribution in [1.82, 2.24) is 14.7 Å². The van der Waals surface area contributed by atoms with Crippen LogP contribution in [0.2, 0.25) is 0 Å². The van der Waals surface area contributed by atoms with Crippen LogP contribution in [0.1, 0.15) is 22.8 Å². The van der Waals surface area contributed by atoms with E-state index in [1.54, 1.807) is 15.8 Å². The molecule has 6 nitrogen and oxygen atoms in total. The molecule has 1 N–H and O–H groups in total. The minimum Gasteiger partial charge on any atom is -0.481 e. The molecular weight excluding hydrogens is 366 g/mol. The first-order chi connectivity index (χ1) is 14.0. The normalized spacial score (nSPS) is 18.8. The zero-order chi connectivity index (χ0) is 20.5. The number of amides is 1. The van der Waals surface area contributed by atoms with Gasteiger partial charge in [0.25, 0.3) is 5.91 Å². The van der Waals surface area contributed by atoms with Gasteiger partial charge in [0.1, 0.15) is 5.69 Å². The average Bonchev–Trinajstić information content (AvgIpc) is 3.33. The molecule has 1 aliphatic rings. The number of aromatic nitrogens is 2. The molecule has 4 rings (SSSR count). The van der Waals surface area contributed by atoms with E-state index in [1.807, 2.05) is 68.4 Å². The van der Waals surface area contributed by atoms with Crippen LogP contribution in [0.4, 0.5) is 0 Å². The van der Waals surface area contributed by atoms with Crippen molar-refractivity contribution in [2.75, 3.05) is 13.1 Å². The van der Waals surface area contributed by atoms with E-state index in [2.05, 4.69) is 0 Å². The van der Waals surface area contributed by atoms with Crippen LogP contribution in [0.5, 0.6) is 0 Å². The van der Waals surface area contributed by atoms with Crippen LogP contribution in [0.3, 0.4) is 0 Å². The van der Waals surface area contributed by atoms with Gasteiger partial charge >= 0.3 is 5.97 Å². The number of carboxylic acid groups (broad SMARTS) is 1. The lowest BCUT2D eigenvalue weighted by molar-refractivity contribution is -0.142. The highest BCUT2D eigenvalue weighted by Gasteiger charge is 2.38. The number of hydrogen-bond donors (Lipinski definition) is 1. The van der Waals surface area contributed by atoms with E-state index in [0.717, 1.165) is 16.8 Å². The molecule has 6 heteroatoms. The monoisotopic (exact) mass is 389 g/mol. The molecule has 29 heavy (non-hydrogen) atoms. The second kappa shape index (κ2) is 7.54. The van der Waals surface area contributed by atoms with Crippen molar-refractivity contribution in [3.8, 4) is 16.9 Å². The minimum absolute atomic E-state index is 0.0810. The molecule has 2 aromatic carbocycles. The van der Waals surface area contributed by atoms with Gasteiger partial charge in [-0.2, -0.15) is 5.10 Å². The summed E-state index contributed by atoms with van der Waals surface area (Å²) < 4.78 is 1.71. The summed E-state index contributed by atoms with van der Waals surface area (Å²) in [6.07, 6.45) is 1.75. The third-order valence-electron chi connectivity index (χ3n) is 5.58. The lowest BCUT2D eigenvalue weighted by atomic mass is 9.99. The summed E-state index contributed by atoms with van der Waals surface area (Å²) in [4.78, 5) is 26.5. The molecule has 0 saturated carbocycles. The van der Waals surface area contributed by atoms with Crippen molar-refractivity contribution in [3.05, 3.63) is 71.9 Å². The van der Waals surface area contributed by atoms with Gasteiger partial charge < -0.3 is 10.0 Å². The fourth-order valence-electron chi connectivity index (χ4n) is 3.91. The van der Waals surface area contributed by atoms with E-state index in [-0.39, 0.29) is 18.4 Å². The molecule has 0 radical (unpaired) electrons. The first-order valence-electron chi connectivity index (χ1n) is 9.69. The molecule has 0 bridgehead atoms. The molecule has 0 aliphatic carbocycles. The lowest BCUT2D eigenvalue weighted by Gasteiger charge is -2.16. The third kappa shape index (κ3) is 3.53. The van der Waals surface area contributed by atoms with Crippen LogP contribution < -0.4 is 0 Å². The average molecular weight is 389 g/mol. The molecule has 1 fully saturated rings. The summed E-state index contributed by atoms with van der Waals surface area (Å²) in [6.45, 7) is 4.52. The highest BCUT2D eigenvalue weighted by atomic mass is 16.4. The minimum atomic E-state index is -0.855. The Balaban J connectivity index is 1.78. The predicted molar refractivity (Wildman–Crippen MR) is 110 cm³/mol. The topological polar surface area (TPSA) is 75.4 Å². The van der Waals surface area contributed by atoms with E-state index in [9.17, 15) is 14.7 Å². The third-order valence-corrected chi connectivity index (χ3v) is 5.58. The van der Waals surface area contributed by atoms with Crippen LogP contribution in [-0.4, -0.2) is 44.8 Å². The van der Waals surface area contributed by atoms with Crippen molar-refractivity contribution < 1.29 is 14.7 Å². The number of rotatable bonds is 4. The van der Waals surface area contributed by atoms with Gasteiger partial charge in [0.15, 0.2) is 0 Å². The van der Waals surface area contributed by atoms with Gasteiger partial charge in [0.05, 0.1) is 17.2 Å². The van der Waals surface area contributed by atoms with Crippen LogP contribution in [-0.2, 0) is 4.79 Å². The number of benzene rings is 2. The van der Waals surface area contributed by atoms with Gasteiger partial charge in [-0.3, -0.25) is 9.59 Å². The molecule has 1 aliphatic heterocycles. The first kappa shape index (κ1) is 18.9. The second-order valence-electron chi connectivity index (χ2n) is 7.62. The van der Waals surface area contributed by atoms with Crippen LogP contribution in [0.25, 0.3) is 16.9 Å². The van der Waals surface area contributed by atoms with E-state index in [4.69, 9.17) is 5.10 Å². The zero-order valence-electron chi connectivity index (χ0n) is 16.4. The Kier molecular flexibility index (Phi) is 4.92. The van der Waals surface area contributed by atoms with E-state index in [0.29, 0.717) is 17.8 Å². The van der Waals surface area contributed by atoms with Crippen molar-refractivity contribution >= 4 is 11.9 Å². The maximum atomic E-state index is 13.4. The van der Waals surface area contributed by atoms with Gasteiger partial charge in [-0.25, -0.2) is 4.68 Å². The summed E-state index contributed by atoms with van der Waals surface area (Å²) in [5.74, 6) is -1.65. The number of carbonyl (C=O) groups is 2. The fraction of sp³-hybridized carbons (Fsp3) is 0.261. The molecule has 3 aromatic rings. The quantitative estimate of drug-likeness (QED) is 0.739. The van der Waals surface area contributed by atoms with Crippen LogP contribution >= 0.6 is 0 Å². The second-order valence-corrected chi connectivity index (χ2v) is 7.62. The number of hydrogen-bond acceptors (Lipinski definition) is 3. The van der Waals surface area contributed by atoms with Crippen molar-refractivity contribution in [1.29, 1.82) is 0 Å². The summed E-state index contributed by atoms with van der Waals surface area (Å²) >= 11 is 0. The number of carbonyl (C=O) groups excluding carboxylic acids is 1. The molecule has 1 aromatic heterocycles. The smallest absolute Gasteiger partial charge is 0.308 e. The number of carboxylic acids is 1. The van der Waals surface area contributed by atoms with Gasteiger partial charge in [-0.15, -0.1) is 0 Å². The Bertz CT molecular complexity index is 1060. The molecule has 148 valence electrons. The van der Waals surface area contributed by atoms with E-state index >= 15 is 0 Å². The van der Waals surface area contributed by atoms with Crippen molar-refractivity contribution in [2.24, 2.45) is 11.8 Å². The van der Waals surface area contributed by atoms with E-state index in [1.165, 1.54) is 0 Å². The Morgan fingerprint density at radius 1 is 1.03 bits per heavy atom. The number of para-hydroxylation sites is 1. The maximum absolute atomic E-state index is 13.4. The first-order valence-corrected chi connectivity index (χ1v) is 9.69. The maximum Gasteiger partial charge on any atom is 0.308 e. The Morgan fingerprint density at radius 3 is 2.38 bits per heavy atom. The zero-order valence-corrected chi connectivity index (χ0v) is 16.4. The number of nitrogens with zero attached hydrogens (tertiary/aromatic N) is 3. The highest BCUT2D eigenvalue weighted by molar-refractivity contribution is 6.00. The molecule has 1 saturated heterocycles. The number of likely N-dealkylation sites (tertiary alicyclic amines) is 1. The summed E-state index contributed by atoms with van der Waals surface area (Å²) in [5.41, 5.74) is 3.88. The number of aryl methyl sites for hydroxylation is 1. The molecular formula is C23H23N3O3. The molecule has 2 heterocycles. The number of aliphatic carboxylic acids is 1. The van der Waals surface area contributed by atoms with Crippen molar-refractivity contribution in [2.45, 2.75) is 13.8 Å². The molecule has 2 atom stereocenters. The van der Waals surface area contributed by atoms with E-state index < -0.39 is 11.9 Å². The SMILES string of the molecule is Cc1ccccc1-c1nn(-c2ccccc2)cc1C(=O)N1C[C@@H](C)[C@H](C(=O)O)C1. The van der Waals surface area contributed by atoms with Crippen LogP contribution in [0.15, 0.2) is 60.8 Å². The van der Waals surface area contributed by atoms with Gasteiger partial charge in [-0.1, -0.05) is 49.4 Å². The van der Waals surface area contributed by atoms with Gasteiger partial charge in [-0.05, 0) is 30.5 Å². The molecule has 1 amide bonds. The van der Waals surface area contributed by atoms with Gasteiger partial charge in [0.2, 0.25) is 0 Å². The van der Waals surface area contributed by atoms with Crippen LogP contribution in [0, 0.1) is 18.8 Å². The Hall–Kier alpha value is -3.41. The Morgan fingerprint density at radius 2 is 1.72 bits per heavy atom. The van der Waals surface area contributed by atoms with Gasteiger partial charge in [0, 0.05) is 24.8 Å². The summed E-state index contributed by atoms with van der Waals surface area (Å²) in [7, 11) is 0.